The van der Waals surface area contributed by atoms with Crippen LogP contribution in [0.1, 0.15) is 35.7 Å². The lowest BCUT2D eigenvalue weighted by atomic mass is 9.94. The van der Waals surface area contributed by atoms with Crippen molar-refractivity contribution in [1.82, 2.24) is 15.2 Å². The fraction of sp³-hybridized carbons (Fsp3) is 0.292. The van der Waals surface area contributed by atoms with Crippen molar-refractivity contribution >= 4 is 27.5 Å². The Balaban J connectivity index is 1.46. The average molecular weight is 471 g/mol. The van der Waals surface area contributed by atoms with E-state index >= 15 is 0 Å². The van der Waals surface area contributed by atoms with Crippen LogP contribution in [-0.4, -0.2) is 29.0 Å². The second kappa shape index (κ2) is 9.86. The minimum Gasteiger partial charge on any atom is -0.308 e. The summed E-state index contributed by atoms with van der Waals surface area (Å²) in [4.78, 5) is 6.97. The van der Waals surface area contributed by atoms with Gasteiger partial charge in [0.15, 0.2) is 0 Å². The summed E-state index contributed by atoms with van der Waals surface area (Å²) in [7, 11) is 0. The van der Waals surface area contributed by atoms with E-state index in [1.807, 2.05) is 30.5 Å². The smallest absolute Gasteiger partial charge is 0.0616 e. The maximum Gasteiger partial charge on any atom is 0.0616 e. The molecule has 150 valence electrons. The normalized spacial score (nSPS) is 16.6. The molecule has 29 heavy (non-hydrogen) atoms. The molecule has 1 N–H and O–H groups in total. The van der Waals surface area contributed by atoms with Crippen molar-refractivity contribution in [2.24, 2.45) is 0 Å². The van der Waals surface area contributed by atoms with Gasteiger partial charge in [-0.1, -0.05) is 63.9 Å². The van der Waals surface area contributed by atoms with Crippen molar-refractivity contribution in [3.63, 3.8) is 0 Å². The molecule has 1 unspecified atom stereocenters. The monoisotopic (exact) mass is 469 g/mol. The van der Waals surface area contributed by atoms with E-state index in [1.54, 1.807) is 0 Å². The number of benzene rings is 2. The number of hydrogen-bond donors (Lipinski definition) is 1. The van der Waals surface area contributed by atoms with E-state index in [4.69, 9.17) is 11.6 Å². The summed E-state index contributed by atoms with van der Waals surface area (Å²) in [5.41, 5.74) is 3.55. The molecule has 0 saturated carbocycles. The van der Waals surface area contributed by atoms with Crippen LogP contribution < -0.4 is 5.32 Å². The summed E-state index contributed by atoms with van der Waals surface area (Å²) in [6, 6.07) is 23.6. The molecule has 3 aromatic rings. The van der Waals surface area contributed by atoms with Gasteiger partial charge in [0.25, 0.3) is 0 Å². The van der Waals surface area contributed by atoms with Gasteiger partial charge in [-0.25, -0.2) is 0 Å². The van der Waals surface area contributed by atoms with Crippen LogP contribution in [0.25, 0.3) is 0 Å². The zero-order chi connectivity index (χ0) is 20.1. The first-order valence-electron chi connectivity index (χ1n) is 10.1. The fourth-order valence-corrected chi connectivity index (χ4v) is 4.55. The number of nitrogens with zero attached hydrogens (tertiary/aromatic N) is 2. The highest BCUT2D eigenvalue weighted by molar-refractivity contribution is 9.10. The molecule has 0 aliphatic carbocycles. The highest BCUT2D eigenvalue weighted by atomic mass is 79.9. The Morgan fingerprint density at radius 1 is 1.00 bits per heavy atom. The van der Waals surface area contributed by atoms with Crippen LogP contribution in [0.4, 0.5) is 0 Å². The van der Waals surface area contributed by atoms with Crippen LogP contribution >= 0.6 is 27.5 Å². The molecule has 3 nitrogen and oxygen atoms in total. The summed E-state index contributed by atoms with van der Waals surface area (Å²) in [5, 5.41) is 4.50. The van der Waals surface area contributed by atoms with Crippen molar-refractivity contribution in [1.29, 1.82) is 0 Å². The molecule has 5 heteroatoms. The Hall–Kier alpha value is -1.72. The van der Waals surface area contributed by atoms with Gasteiger partial charge in [-0.2, -0.15) is 0 Å². The summed E-state index contributed by atoms with van der Waals surface area (Å²) in [5.74, 6) is 0. The number of piperidine rings is 1. The molecule has 1 saturated heterocycles. The topological polar surface area (TPSA) is 28.2 Å². The molecule has 0 radical (unpaired) electrons. The molecule has 0 bridgehead atoms. The minimum atomic E-state index is 0.175. The predicted molar refractivity (Wildman–Crippen MR) is 123 cm³/mol. The zero-order valence-electron chi connectivity index (χ0n) is 16.3. The van der Waals surface area contributed by atoms with Crippen LogP contribution in [0.15, 0.2) is 77.4 Å². The molecule has 1 aliphatic rings. The summed E-state index contributed by atoms with van der Waals surface area (Å²) in [6.45, 7) is 2.89. The van der Waals surface area contributed by atoms with Gasteiger partial charge in [0.1, 0.15) is 0 Å². The molecule has 2 aromatic carbocycles. The highest BCUT2D eigenvalue weighted by Crippen LogP contribution is 2.35. The second-order valence-corrected chi connectivity index (χ2v) is 8.81. The number of hydrogen-bond acceptors (Lipinski definition) is 3. The number of nitrogens with one attached hydrogen (secondary N) is 1. The summed E-state index contributed by atoms with van der Waals surface area (Å²) >= 11 is 10.2. The molecule has 2 heterocycles. The highest BCUT2D eigenvalue weighted by Gasteiger charge is 2.28. The Bertz CT molecular complexity index is 909. The van der Waals surface area contributed by atoms with Crippen LogP contribution in [0.5, 0.6) is 0 Å². The first-order valence-corrected chi connectivity index (χ1v) is 11.2. The van der Waals surface area contributed by atoms with Gasteiger partial charge in [-0.05, 0) is 54.3 Å². The number of rotatable bonds is 6. The second-order valence-electron chi connectivity index (χ2n) is 7.49. The maximum absolute atomic E-state index is 6.61. The zero-order valence-corrected chi connectivity index (χ0v) is 18.6. The third-order valence-electron chi connectivity index (χ3n) is 5.58. The van der Waals surface area contributed by atoms with E-state index in [0.29, 0.717) is 6.04 Å². The largest absolute Gasteiger partial charge is 0.308 e. The van der Waals surface area contributed by atoms with E-state index in [2.05, 4.69) is 73.6 Å². The van der Waals surface area contributed by atoms with E-state index in [0.717, 1.165) is 47.7 Å². The number of pyridine rings is 1. The van der Waals surface area contributed by atoms with E-state index in [1.165, 1.54) is 11.1 Å². The van der Waals surface area contributed by atoms with Crippen LogP contribution in [0.2, 0.25) is 5.02 Å². The molecule has 1 aromatic heterocycles. The van der Waals surface area contributed by atoms with Gasteiger partial charge in [0, 0.05) is 41.4 Å². The van der Waals surface area contributed by atoms with E-state index < -0.39 is 0 Å². The standard InChI is InChI=1S/C24H25BrClN3/c25-19-10-8-18(9-11-19)24(22-6-1-2-7-23(22)26)29-15-12-20(13-16-29)28-17-21-5-3-4-14-27-21/h1-11,14,20,24,28H,12-13,15-17H2. The number of halogens is 2. The average Bonchev–Trinajstić information content (AvgIpc) is 2.77. The summed E-state index contributed by atoms with van der Waals surface area (Å²) < 4.78 is 1.09. The van der Waals surface area contributed by atoms with E-state index in [-0.39, 0.29) is 6.04 Å². The van der Waals surface area contributed by atoms with Crippen LogP contribution in [0.3, 0.4) is 0 Å². The molecule has 0 spiro atoms. The van der Waals surface area contributed by atoms with Crippen molar-refractivity contribution in [3.8, 4) is 0 Å². The molecular weight excluding hydrogens is 446 g/mol. The van der Waals surface area contributed by atoms with Crippen LogP contribution in [0, 0.1) is 0 Å². The maximum atomic E-state index is 6.61. The van der Waals surface area contributed by atoms with Crippen molar-refractivity contribution < 1.29 is 0 Å². The lowest BCUT2D eigenvalue weighted by Crippen LogP contribution is -2.44. The van der Waals surface area contributed by atoms with Crippen molar-refractivity contribution in [2.45, 2.75) is 31.5 Å². The molecule has 4 rings (SSSR count). The van der Waals surface area contributed by atoms with Crippen LogP contribution in [-0.2, 0) is 6.54 Å². The van der Waals surface area contributed by atoms with Gasteiger partial charge in [0.2, 0.25) is 0 Å². The van der Waals surface area contributed by atoms with Gasteiger partial charge >= 0.3 is 0 Å². The first-order chi connectivity index (χ1) is 14.2. The SMILES string of the molecule is Clc1ccccc1C(c1ccc(Br)cc1)N1CCC(NCc2ccccn2)CC1. The Labute approximate surface area is 186 Å². The lowest BCUT2D eigenvalue weighted by Gasteiger charge is -2.38. The fourth-order valence-electron chi connectivity index (χ4n) is 4.04. The van der Waals surface area contributed by atoms with Gasteiger partial charge in [-0.15, -0.1) is 0 Å². The van der Waals surface area contributed by atoms with Gasteiger partial charge in [0.05, 0.1) is 11.7 Å². The molecule has 0 amide bonds. The Kier molecular flexibility index (Phi) is 6.98. The third-order valence-corrected chi connectivity index (χ3v) is 6.45. The third kappa shape index (κ3) is 5.26. The summed E-state index contributed by atoms with van der Waals surface area (Å²) in [6.07, 6.45) is 4.08. The van der Waals surface area contributed by atoms with Crippen molar-refractivity contribution in [3.05, 3.63) is 99.2 Å². The quantitative estimate of drug-likeness (QED) is 0.490. The van der Waals surface area contributed by atoms with Gasteiger partial charge in [-0.3, -0.25) is 9.88 Å². The predicted octanol–water partition coefficient (Wildman–Crippen LogP) is 5.84. The van der Waals surface area contributed by atoms with Crippen molar-refractivity contribution in [2.75, 3.05) is 13.1 Å². The Morgan fingerprint density at radius 2 is 1.72 bits per heavy atom. The first kappa shape index (κ1) is 20.5. The molecule has 1 atom stereocenters. The molecule has 1 fully saturated rings. The molecular formula is C24H25BrClN3. The number of aromatic nitrogens is 1. The minimum absolute atomic E-state index is 0.175. The van der Waals surface area contributed by atoms with E-state index in [9.17, 15) is 0 Å². The number of likely N-dealkylation sites (tertiary alicyclic amines) is 1. The Morgan fingerprint density at radius 3 is 2.41 bits per heavy atom. The molecule has 1 aliphatic heterocycles. The lowest BCUT2D eigenvalue weighted by molar-refractivity contribution is 0.162. The van der Waals surface area contributed by atoms with Gasteiger partial charge < -0.3 is 5.32 Å².